The Kier molecular flexibility index (Phi) is 3.55. The van der Waals surface area contributed by atoms with Gasteiger partial charge in [0.15, 0.2) is 0 Å². The van der Waals surface area contributed by atoms with Gasteiger partial charge in [-0.05, 0) is 24.6 Å². The smallest absolute Gasteiger partial charge is 0.267 e. The summed E-state index contributed by atoms with van der Waals surface area (Å²) in [4.78, 5) is 11.6. The van der Waals surface area contributed by atoms with Crippen LogP contribution in [0.15, 0.2) is 12.1 Å². The van der Waals surface area contributed by atoms with Gasteiger partial charge in [0.25, 0.3) is 5.91 Å². The van der Waals surface area contributed by atoms with Crippen LogP contribution in [0.4, 0.5) is 0 Å². The van der Waals surface area contributed by atoms with Gasteiger partial charge in [-0.1, -0.05) is 11.6 Å². The fourth-order valence-corrected chi connectivity index (χ4v) is 1.47. The summed E-state index contributed by atoms with van der Waals surface area (Å²) in [6.45, 7) is 1.80. The highest BCUT2D eigenvalue weighted by molar-refractivity contribution is 6.32. The maximum atomic E-state index is 11.6. The van der Waals surface area contributed by atoms with E-state index in [2.05, 4.69) is 0 Å². The fraction of sp³-hybridized carbons (Fsp3) is 0.300. The van der Waals surface area contributed by atoms with Crippen molar-refractivity contribution in [1.29, 1.82) is 0 Å². The topological polar surface area (TPSA) is 55.6 Å². The number of rotatable bonds is 2. The zero-order chi connectivity index (χ0) is 11.6. The van der Waals surface area contributed by atoms with E-state index in [9.17, 15) is 4.79 Å². The summed E-state index contributed by atoms with van der Waals surface area (Å²) >= 11 is 5.91. The minimum atomic E-state index is -0.281. The lowest BCUT2D eigenvalue weighted by Gasteiger charge is -2.13. The van der Waals surface area contributed by atoms with Crippen LogP contribution >= 0.6 is 11.6 Å². The molecule has 0 radical (unpaired) electrons. The number of carbonyl (C=O) groups is 1. The Morgan fingerprint density at radius 1 is 1.53 bits per heavy atom. The van der Waals surface area contributed by atoms with E-state index in [4.69, 9.17) is 22.2 Å². The van der Waals surface area contributed by atoms with Crippen molar-refractivity contribution in [1.82, 2.24) is 5.01 Å². The number of benzene rings is 1. The van der Waals surface area contributed by atoms with Gasteiger partial charge in [-0.2, -0.15) is 0 Å². The highest BCUT2D eigenvalue weighted by Crippen LogP contribution is 2.28. The summed E-state index contributed by atoms with van der Waals surface area (Å²) in [6, 6.07) is 3.26. The molecule has 0 saturated carbocycles. The number of methoxy groups -OCH3 is 1. The van der Waals surface area contributed by atoms with Gasteiger partial charge in [-0.3, -0.25) is 9.80 Å². The first-order valence-electron chi connectivity index (χ1n) is 4.34. The Bertz CT molecular complexity index is 391. The van der Waals surface area contributed by atoms with E-state index in [0.29, 0.717) is 16.3 Å². The predicted molar refractivity (Wildman–Crippen MR) is 59.0 cm³/mol. The zero-order valence-electron chi connectivity index (χ0n) is 8.87. The van der Waals surface area contributed by atoms with Gasteiger partial charge >= 0.3 is 0 Å². The van der Waals surface area contributed by atoms with Crippen molar-refractivity contribution in [2.24, 2.45) is 5.84 Å². The van der Waals surface area contributed by atoms with Crippen LogP contribution in [-0.2, 0) is 0 Å². The Balaban J connectivity index is 3.22. The molecule has 0 aliphatic carbocycles. The second kappa shape index (κ2) is 4.51. The molecule has 1 rings (SSSR count). The van der Waals surface area contributed by atoms with Crippen LogP contribution < -0.4 is 10.6 Å². The molecule has 82 valence electrons. The minimum Gasteiger partial charge on any atom is -0.495 e. The third-order valence-corrected chi connectivity index (χ3v) is 2.34. The molecular formula is C10H13ClN2O2. The molecule has 1 aromatic carbocycles. The number of aryl methyl sites for hydroxylation is 1. The first-order chi connectivity index (χ1) is 6.97. The normalized spacial score (nSPS) is 9.93. The highest BCUT2D eigenvalue weighted by atomic mass is 35.5. The number of nitrogens with zero attached hydrogens (tertiary/aromatic N) is 1. The number of hydrogen-bond acceptors (Lipinski definition) is 3. The monoisotopic (exact) mass is 228 g/mol. The number of amides is 1. The molecule has 0 unspecified atom stereocenters. The second-order valence-electron chi connectivity index (χ2n) is 3.22. The lowest BCUT2D eigenvalue weighted by Crippen LogP contribution is -2.33. The molecule has 1 amide bonds. The van der Waals surface area contributed by atoms with Gasteiger partial charge in [-0.25, -0.2) is 5.84 Å². The molecule has 0 saturated heterocycles. The molecule has 0 atom stereocenters. The van der Waals surface area contributed by atoms with Gasteiger partial charge < -0.3 is 4.74 Å². The molecule has 2 N–H and O–H groups in total. The van der Waals surface area contributed by atoms with Crippen LogP contribution in [0.25, 0.3) is 0 Å². The summed E-state index contributed by atoms with van der Waals surface area (Å²) in [5.41, 5.74) is 1.25. The van der Waals surface area contributed by atoms with Gasteiger partial charge in [0.2, 0.25) is 0 Å². The van der Waals surface area contributed by atoms with E-state index in [0.717, 1.165) is 10.6 Å². The summed E-state index contributed by atoms with van der Waals surface area (Å²) in [7, 11) is 3.01. The minimum absolute atomic E-state index is 0.281. The number of ether oxygens (including phenoxy) is 1. The molecule has 4 nitrogen and oxygen atoms in total. The quantitative estimate of drug-likeness (QED) is 0.475. The van der Waals surface area contributed by atoms with Crippen molar-refractivity contribution in [3.8, 4) is 5.75 Å². The number of carbonyl (C=O) groups excluding carboxylic acids is 1. The first kappa shape index (κ1) is 11.8. The van der Waals surface area contributed by atoms with Gasteiger partial charge in [0.05, 0.1) is 12.1 Å². The predicted octanol–water partition coefficient (Wildman–Crippen LogP) is 1.60. The maximum absolute atomic E-state index is 11.6. The number of hydrazine groups is 1. The van der Waals surface area contributed by atoms with Crippen molar-refractivity contribution in [2.75, 3.05) is 14.2 Å². The zero-order valence-corrected chi connectivity index (χ0v) is 9.63. The molecular weight excluding hydrogens is 216 g/mol. The number of nitrogens with two attached hydrogens (primary N) is 1. The number of hydrogen-bond donors (Lipinski definition) is 1. The Hall–Kier alpha value is -1.26. The van der Waals surface area contributed by atoms with Gasteiger partial charge in [0, 0.05) is 12.6 Å². The molecule has 0 heterocycles. The van der Waals surface area contributed by atoms with E-state index in [-0.39, 0.29) is 5.91 Å². The lowest BCUT2D eigenvalue weighted by molar-refractivity contribution is 0.0794. The lowest BCUT2D eigenvalue weighted by atomic mass is 10.1. The van der Waals surface area contributed by atoms with Crippen LogP contribution in [0, 0.1) is 6.92 Å². The van der Waals surface area contributed by atoms with Crippen molar-refractivity contribution in [3.05, 3.63) is 28.3 Å². The molecule has 0 aromatic heterocycles. The fourth-order valence-electron chi connectivity index (χ4n) is 1.23. The van der Waals surface area contributed by atoms with Crippen LogP contribution in [0.3, 0.4) is 0 Å². The van der Waals surface area contributed by atoms with Crippen molar-refractivity contribution in [3.63, 3.8) is 0 Å². The van der Waals surface area contributed by atoms with Crippen LogP contribution in [0.5, 0.6) is 5.75 Å². The Morgan fingerprint density at radius 2 is 2.13 bits per heavy atom. The average Bonchev–Trinajstić information content (AvgIpc) is 2.19. The highest BCUT2D eigenvalue weighted by Gasteiger charge is 2.14. The first-order valence-corrected chi connectivity index (χ1v) is 4.72. The molecule has 1 aromatic rings. The van der Waals surface area contributed by atoms with E-state index >= 15 is 0 Å². The van der Waals surface area contributed by atoms with Gasteiger partial charge in [0.1, 0.15) is 5.75 Å². The molecule has 15 heavy (non-hydrogen) atoms. The third-order valence-electron chi connectivity index (χ3n) is 2.05. The van der Waals surface area contributed by atoms with Crippen molar-refractivity contribution in [2.45, 2.75) is 6.92 Å². The van der Waals surface area contributed by atoms with Crippen LogP contribution in [0.2, 0.25) is 5.02 Å². The van der Waals surface area contributed by atoms with E-state index in [1.165, 1.54) is 14.2 Å². The SMILES string of the molecule is COc1cc(C)c(C(=O)N(C)N)cc1Cl. The standard InChI is InChI=1S/C10H13ClN2O2/c1-6-4-9(15-3)8(11)5-7(6)10(14)13(2)12/h4-5H,12H2,1-3H3. The van der Waals surface area contributed by atoms with E-state index in [1.807, 2.05) is 0 Å². The average molecular weight is 229 g/mol. The second-order valence-corrected chi connectivity index (χ2v) is 3.62. The molecule has 5 heteroatoms. The third kappa shape index (κ3) is 2.40. The molecule has 0 bridgehead atoms. The summed E-state index contributed by atoms with van der Waals surface area (Å²) in [5, 5.41) is 1.42. The summed E-state index contributed by atoms with van der Waals surface area (Å²) in [5.74, 6) is 5.63. The Labute approximate surface area is 93.5 Å². The summed E-state index contributed by atoms with van der Waals surface area (Å²) < 4.78 is 5.03. The van der Waals surface area contributed by atoms with E-state index < -0.39 is 0 Å². The van der Waals surface area contributed by atoms with Crippen LogP contribution in [-0.4, -0.2) is 25.1 Å². The number of halogens is 1. The molecule has 0 fully saturated rings. The van der Waals surface area contributed by atoms with E-state index in [1.54, 1.807) is 19.1 Å². The molecule has 0 aliphatic heterocycles. The van der Waals surface area contributed by atoms with Crippen molar-refractivity contribution < 1.29 is 9.53 Å². The van der Waals surface area contributed by atoms with Gasteiger partial charge in [-0.15, -0.1) is 0 Å². The molecule has 0 aliphatic rings. The Morgan fingerprint density at radius 3 is 2.60 bits per heavy atom. The van der Waals surface area contributed by atoms with Crippen molar-refractivity contribution >= 4 is 17.5 Å². The largest absolute Gasteiger partial charge is 0.495 e. The van der Waals surface area contributed by atoms with Crippen LogP contribution in [0.1, 0.15) is 15.9 Å². The maximum Gasteiger partial charge on any atom is 0.267 e. The molecule has 0 spiro atoms. The summed E-state index contributed by atoms with van der Waals surface area (Å²) in [6.07, 6.45) is 0.